The van der Waals surface area contributed by atoms with Gasteiger partial charge in [-0.3, -0.25) is 4.79 Å². The van der Waals surface area contributed by atoms with Crippen LogP contribution in [0.2, 0.25) is 5.02 Å². The van der Waals surface area contributed by atoms with E-state index in [1.165, 1.54) is 6.33 Å². The van der Waals surface area contributed by atoms with E-state index in [1.807, 2.05) is 18.2 Å². The number of hydrogen-bond acceptors (Lipinski definition) is 3. The van der Waals surface area contributed by atoms with E-state index >= 15 is 0 Å². The van der Waals surface area contributed by atoms with Gasteiger partial charge in [-0.2, -0.15) is 0 Å². The highest BCUT2D eigenvalue weighted by Crippen LogP contribution is 2.29. The van der Waals surface area contributed by atoms with E-state index in [0.717, 1.165) is 14.6 Å². The molecule has 2 N–H and O–H groups in total. The second-order valence-corrected chi connectivity index (χ2v) is 5.29. The lowest BCUT2D eigenvalue weighted by Gasteiger charge is -2.08. The van der Waals surface area contributed by atoms with E-state index in [-0.39, 0.29) is 10.6 Å². The highest BCUT2D eigenvalue weighted by Gasteiger charge is 2.07. The Morgan fingerprint density at radius 2 is 2.12 bits per heavy atom. The van der Waals surface area contributed by atoms with Crippen LogP contribution in [-0.2, 0) is 0 Å². The summed E-state index contributed by atoms with van der Waals surface area (Å²) >= 11 is 12.6. The number of benzene rings is 1. The summed E-state index contributed by atoms with van der Waals surface area (Å²) in [5.41, 5.74) is 0.394. The number of anilines is 2. The maximum absolute atomic E-state index is 11.3. The summed E-state index contributed by atoms with van der Waals surface area (Å²) in [6.07, 6.45) is 1.29. The Bertz CT molecular complexity index is 615. The standard InChI is InChI=1S/C10H6Br2ClN3O/c11-5-1-2-7(6(12)3-5)16-9-8(13)10(17)15-4-14-9/h1-4H,(H2,14,15,16,17). The van der Waals surface area contributed by atoms with Crippen molar-refractivity contribution in [2.45, 2.75) is 0 Å². The van der Waals surface area contributed by atoms with Crippen molar-refractivity contribution in [2.24, 2.45) is 0 Å². The van der Waals surface area contributed by atoms with Gasteiger partial charge in [-0.05, 0) is 34.1 Å². The quantitative estimate of drug-likeness (QED) is 0.837. The predicted molar refractivity (Wildman–Crippen MR) is 75.0 cm³/mol. The molecule has 0 radical (unpaired) electrons. The van der Waals surface area contributed by atoms with Crippen molar-refractivity contribution in [1.82, 2.24) is 9.97 Å². The van der Waals surface area contributed by atoms with Crippen LogP contribution < -0.4 is 10.9 Å². The molecule has 1 aromatic heterocycles. The molecular formula is C10H6Br2ClN3O. The minimum Gasteiger partial charge on any atom is -0.338 e. The maximum atomic E-state index is 11.3. The Morgan fingerprint density at radius 3 is 2.82 bits per heavy atom. The van der Waals surface area contributed by atoms with Gasteiger partial charge in [0.15, 0.2) is 5.82 Å². The summed E-state index contributed by atoms with van der Waals surface area (Å²) in [6, 6.07) is 5.59. The molecule has 0 atom stereocenters. The molecule has 0 fully saturated rings. The lowest BCUT2D eigenvalue weighted by atomic mass is 10.3. The predicted octanol–water partition coefficient (Wildman–Crippen LogP) is 3.69. The van der Waals surface area contributed by atoms with Gasteiger partial charge in [0.05, 0.1) is 12.0 Å². The van der Waals surface area contributed by atoms with Crippen molar-refractivity contribution >= 4 is 55.0 Å². The van der Waals surface area contributed by atoms with E-state index in [4.69, 9.17) is 11.6 Å². The van der Waals surface area contributed by atoms with E-state index in [1.54, 1.807) is 0 Å². The average molecular weight is 379 g/mol. The molecule has 2 aromatic rings. The first-order valence-corrected chi connectivity index (χ1v) is 6.49. The number of hydrogen-bond donors (Lipinski definition) is 2. The van der Waals surface area contributed by atoms with Crippen LogP contribution in [0.25, 0.3) is 0 Å². The zero-order chi connectivity index (χ0) is 12.4. The van der Waals surface area contributed by atoms with Gasteiger partial charge >= 0.3 is 0 Å². The molecule has 0 saturated carbocycles. The fourth-order valence-corrected chi connectivity index (χ4v) is 2.49. The Balaban J connectivity index is 2.38. The van der Waals surface area contributed by atoms with Gasteiger partial charge < -0.3 is 10.3 Å². The normalized spacial score (nSPS) is 10.3. The maximum Gasteiger partial charge on any atom is 0.271 e. The lowest BCUT2D eigenvalue weighted by molar-refractivity contribution is 1.12. The molecular weight excluding hydrogens is 373 g/mol. The van der Waals surface area contributed by atoms with Gasteiger partial charge in [-0.15, -0.1) is 0 Å². The molecule has 88 valence electrons. The Labute approximate surface area is 119 Å². The first kappa shape index (κ1) is 12.6. The summed E-state index contributed by atoms with van der Waals surface area (Å²) in [5.74, 6) is 0.318. The van der Waals surface area contributed by atoms with Gasteiger partial charge in [0.1, 0.15) is 5.02 Å². The molecule has 0 bridgehead atoms. The smallest absolute Gasteiger partial charge is 0.271 e. The first-order valence-electron chi connectivity index (χ1n) is 4.53. The molecule has 7 heteroatoms. The minimum atomic E-state index is -0.377. The summed E-state index contributed by atoms with van der Waals surface area (Å²) in [5, 5.41) is 3.01. The first-order chi connectivity index (χ1) is 8.08. The summed E-state index contributed by atoms with van der Waals surface area (Å²) < 4.78 is 1.78. The van der Waals surface area contributed by atoms with E-state index in [2.05, 4.69) is 47.1 Å². The molecule has 0 spiro atoms. The molecule has 0 aliphatic rings. The van der Waals surface area contributed by atoms with Gasteiger partial charge in [-0.1, -0.05) is 27.5 Å². The molecule has 0 amide bonds. The van der Waals surface area contributed by atoms with Crippen LogP contribution in [0.4, 0.5) is 11.5 Å². The molecule has 1 heterocycles. The third-order valence-electron chi connectivity index (χ3n) is 1.98. The average Bonchev–Trinajstić information content (AvgIpc) is 2.28. The van der Waals surface area contributed by atoms with Crippen LogP contribution in [0.15, 0.2) is 38.3 Å². The third-order valence-corrected chi connectivity index (χ3v) is 3.48. The largest absolute Gasteiger partial charge is 0.338 e. The third kappa shape index (κ3) is 2.88. The van der Waals surface area contributed by atoms with Crippen LogP contribution in [-0.4, -0.2) is 9.97 Å². The Hall–Kier alpha value is -0.850. The van der Waals surface area contributed by atoms with Crippen molar-refractivity contribution in [3.63, 3.8) is 0 Å². The van der Waals surface area contributed by atoms with Gasteiger partial charge in [0.25, 0.3) is 5.56 Å². The number of nitrogens with zero attached hydrogens (tertiary/aromatic N) is 1. The summed E-state index contributed by atoms with van der Waals surface area (Å²) in [6.45, 7) is 0. The minimum absolute atomic E-state index is 0.0299. The fourth-order valence-electron chi connectivity index (χ4n) is 1.19. The zero-order valence-electron chi connectivity index (χ0n) is 8.30. The number of rotatable bonds is 2. The molecule has 1 aromatic carbocycles. The summed E-state index contributed by atoms with van der Waals surface area (Å²) in [4.78, 5) is 17.6. The molecule has 4 nitrogen and oxygen atoms in total. The Morgan fingerprint density at radius 1 is 1.35 bits per heavy atom. The fraction of sp³-hybridized carbons (Fsp3) is 0. The molecule has 0 aliphatic heterocycles. The monoisotopic (exact) mass is 377 g/mol. The molecule has 0 unspecified atom stereocenters. The van der Waals surface area contributed by atoms with Gasteiger partial charge in [-0.25, -0.2) is 4.98 Å². The number of nitrogens with one attached hydrogen (secondary N) is 2. The Kier molecular flexibility index (Phi) is 3.86. The SMILES string of the molecule is O=c1[nH]cnc(Nc2ccc(Br)cc2Br)c1Cl. The zero-order valence-corrected chi connectivity index (χ0v) is 12.2. The van der Waals surface area contributed by atoms with E-state index in [9.17, 15) is 4.79 Å². The molecule has 0 saturated heterocycles. The number of halogens is 3. The van der Waals surface area contributed by atoms with Crippen LogP contribution >= 0.6 is 43.5 Å². The van der Waals surface area contributed by atoms with Crippen molar-refractivity contribution in [3.8, 4) is 0 Å². The number of aromatic nitrogens is 2. The van der Waals surface area contributed by atoms with Crippen LogP contribution in [0.1, 0.15) is 0 Å². The second-order valence-electron chi connectivity index (χ2n) is 3.14. The van der Waals surface area contributed by atoms with Crippen LogP contribution in [0.3, 0.4) is 0 Å². The number of aromatic amines is 1. The van der Waals surface area contributed by atoms with E-state index < -0.39 is 0 Å². The van der Waals surface area contributed by atoms with Crippen molar-refractivity contribution in [1.29, 1.82) is 0 Å². The molecule has 2 rings (SSSR count). The van der Waals surface area contributed by atoms with Gasteiger partial charge in [0.2, 0.25) is 0 Å². The van der Waals surface area contributed by atoms with Crippen molar-refractivity contribution in [3.05, 3.63) is 48.8 Å². The lowest BCUT2D eigenvalue weighted by Crippen LogP contribution is -2.09. The van der Waals surface area contributed by atoms with Crippen LogP contribution in [0, 0.1) is 0 Å². The topological polar surface area (TPSA) is 57.8 Å². The molecule has 17 heavy (non-hydrogen) atoms. The molecule has 0 aliphatic carbocycles. The van der Waals surface area contributed by atoms with Gasteiger partial charge in [0, 0.05) is 8.95 Å². The number of H-pyrrole nitrogens is 1. The van der Waals surface area contributed by atoms with Crippen molar-refractivity contribution in [2.75, 3.05) is 5.32 Å². The van der Waals surface area contributed by atoms with Crippen LogP contribution in [0.5, 0.6) is 0 Å². The highest BCUT2D eigenvalue weighted by molar-refractivity contribution is 9.11. The highest BCUT2D eigenvalue weighted by atomic mass is 79.9. The summed E-state index contributed by atoms with van der Waals surface area (Å²) in [7, 11) is 0. The second kappa shape index (κ2) is 5.20. The van der Waals surface area contributed by atoms with Crippen molar-refractivity contribution < 1.29 is 0 Å². The van der Waals surface area contributed by atoms with E-state index in [0.29, 0.717) is 5.82 Å².